The molecule has 0 aliphatic heterocycles. The van der Waals surface area contributed by atoms with E-state index in [0.29, 0.717) is 12.8 Å². The molecular weight excluding hydrogens is 254 g/mol. The van der Waals surface area contributed by atoms with Crippen LogP contribution in [0.4, 0.5) is 0 Å². The number of sulfone groups is 1. The summed E-state index contributed by atoms with van der Waals surface area (Å²) in [6.07, 6.45) is 6.62. The Morgan fingerprint density at radius 3 is 2.17 bits per heavy atom. The van der Waals surface area contributed by atoms with Gasteiger partial charge in [0.05, 0.1) is 10.7 Å². The van der Waals surface area contributed by atoms with Gasteiger partial charge >= 0.3 is 5.03 Å². The molecule has 0 aliphatic carbocycles. The summed E-state index contributed by atoms with van der Waals surface area (Å²) in [5.74, 6) is -0.124. The summed E-state index contributed by atoms with van der Waals surface area (Å²) < 4.78 is 23.6. The van der Waals surface area contributed by atoms with Gasteiger partial charge in [-0.15, -0.1) is 0 Å². The molecule has 0 saturated heterocycles. The molecule has 0 amide bonds. The van der Waals surface area contributed by atoms with Crippen LogP contribution in [0.15, 0.2) is 11.1 Å². The Bertz CT molecular complexity index is 374. The van der Waals surface area contributed by atoms with E-state index in [1.807, 2.05) is 13.8 Å². The van der Waals surface area contributed by atoms with Crippen molar-refractivity contribution in [1.29, 1.82) is 0 Å². The molecule has 6 heteroatoms. The van der Waals surface area contributed by atoms with Crippen molar-refractivity contribution in [2.24, 2.45) is 0 Å². The average Bonchev–Trinajstić information content (AvgIpc) is 2.28. The molecule has 18 heavy (non-hydrogen) atoms. The Morgan fingerprint density at radius 2 is 1.67 bits per heavy atom. The highest BCUT2D eigenvalue weighted by Gasteiger charge is 2.27. The monoisotopic (exact) mass is 277 g/mol. The molecule has 0 heterocycles. The molecule has 0 saturated carbocycles. The summed E-state index contributed by atoms with van der Waals surface area (Å²) in [5.41, 5.74) is 0. The van der Waals surface area contributed by atoms with Crippen LogP contribution in [0.2, 0.25) is 0 Å². The highest BCUT2D eigenvalue weighted by atomic mass is 32.2. The molecule has 0 N–H and O–H groups in total. The Hall–Kier alpha value is -0.910. The predicted molar refractivity (Wildman–Crippen MR) is 72.5 cm³/mol. The van der Waals surface area contributed by atoms with E-state index in [-0.39, 0.29) is 5.75 Å². The van der Waals surface area contributed by atoms with Crippen LogP contribution in [0.5, 0.6) is 0 Å². The Morgan fingerprint density at radius 1 is 1.11 bits per heavy atom. The van der Waals surface area contributed by atoms with Crippen LogP contribution >= 0.6 is 0 Å². The number of allylic oxidation sites excluding steroid dienone is 1. The van der Waals surface area contributed by atoms with E-state index in [4.69, 9.17) is 0 Å². The third-order valence-corrected chi connectivity index (χ3v) is 4.42. The van der Waals surface area contributed by atoms with Crippen LogP contribution in [0.3, 0.4) is 0 Å². The summed E-state index contributed by atoms with van der Waals surface area (Å²) in [4.78, 5) is 10.0. The van der Waals surface area contributed by atoms with Crippen molar-refractivity contribution in [3.05, 3.63) is 21.2 Å². The van der Waals surface area contributed by atoms with Crippen molar-refractivity contribution in [2.45, 2.75) is 58.8 Å². The topological polar surface area (TPSA) is 77.3 Å². The standard InChI is InChI=1S/C12H23NO4S/c1-3-5-7-8-10-12(13(14)15)18(16,17)11-9-6-4-2/h10H,3-9,11H2,1-2H3/b12-10+. The smallest absolute Gasteiger partial charge is 0.258 e. The highest BCUT2D eigenvalue weighted by molar-refractivity contribution is 7.94. The number of hydrogen-bond acceptors (Lipinski definition) is 4. The van der Waals surface area contributed by atoms with Crippen molar-refractivity contribution >= 4 is 9.84 Å². The first-order valence-corrected chi connectivity index (χ1v) is 8.18. The second-order valence-electron chi connectivity index (χ2n) is 4.32. The van der Waals surface area contributed by atoms with Gasteiger partial charge in [0.25, 0.3) is 0 Å². The Balaban J connectivity index is 4.61. The van der Waals surface area contributed by atoms with Gasteiger partial charge in [0.2, 0.25) is 9.84 Å². The molecule has 0 aromatic heterocycles. The number of unbranched alkanes of at least 4 members (excludes halogenated alkanes) is 5. The Labute approximate surface area is 109 Å². The molecule has 0 rings (SSSR count). The molecule has 0 bridgehead atoms. The molecule has 5 nitrogen and oxygen atoms in total. The summed E-state index contributed by atoms with van der Waals surface area (Å²) in [5, 5.41) is 10.2. The lowest BCUT2D eigenvalue weighted by Gasteiger charge is -2.01. The summed E-state index contributed by atoms with van der Waals surface area (Å²) >= 11 is 0. The molecule has 0 atom stereocenters. The van der Waals surface area contributed by atoms with Crippen LogP contribution in [-0.2, 0) is 9.84 Å². The van der Waals surface area contributed by atoms with E-state index in [1.54, 1.807) is 0 Å². The number of nitro groups is 1. The number of hydrogen-bond donors (Lipinski definition) is 0. The highest BCUT2D eigenvalue weighted by Crippen LogP contribution is 2.14. The van der Waals surface area contributed by atoms with Gasteiger partial charge in [0, 0.05) is 6.08 Å². The number of rotatable bonds is 10. The number of nitrogens with zero attached hydrogens (tertiary/aromatic N) is 1. The minimum atomic E-state index is -3.72. The van der Waals surface area contributed by atoms with Gasteiger partial charge in [-0.1, -0.05) is 39.5 Å². The molecule has 0 aromatic carbocycles. The van der Waals surface area contributed by atoms with Crippen LogP contribution in [0.25, 0.3) is 0 Å². The quantitative estimate of drug-likeness (QED) is 0.349. The first kappa shape index (κ1) is 17.1. The molecule has 0 radical (unpaired) electrons. The second kappa shape index (κ2) is 9.08. The third kappa shape index (κ3) is 6.74. The summed E-state index contributed by atoms with van der Waals surface area (Å²) in [7, 11) is -3.72. The fraction of sp³-hybridized carbons (Fsp3) is 0.833. The van der Waals surface area contributed by atoms with Crippen molar-refractivity contribution in [3.8, 4) is 0 Å². The van der Waals surface area contributed by atoms with E-state index in [9.17, 15) is 18.5 Å². The zero-order valence-electron chi connectivity index (χ0n) is 11.2. The van der Waals surface area contributed by atoms with E-state index in [1.165, 1.54) is 6.08 Å². The van der Waals surface area contributed by atoms with Crippen molar-refractivity contribution in [1.82, 2.24) is 0 Å². The lowest BCUT2D eigenvalue weighted by atomic mass is 10.2. The largest absolute Gasteiger partial charge is 0.355 e. The maximum absolute atomic E-state index is 11.8. The van der Waals surface area contributed by atoms with Gasteiger partial charge in [-0.05, 0) is 19.3 Å². The van der Waals surface area contributed by atoms with E-state index >= 15 is 0 Å². The molecule has 0 aromatic rings. The lowest BCUT2D eigenvalue weighted by Crippen LogP contribution is -2.15. The zero-order chi connectivity index (χ0) is 14.0. The molecule has 106 valence electrons. The van der Waals surface area contributed by atoms with Gasteiger partial charge in [0.15, 0.2) is 0 Å². The molecule has 0 spiro atoms. The normalized spacial score (nSPS) is 12.7. The summed E-state index contributed by atoms with van der Waals surface area (Å²) in [6.45, 7) is 3.99. The molecular formula is C12H23NO4S. The molecule has 0 unspecified atom stereocenters. The average molecular weight is 277 g/mol. The second-order valence-corrected chi connectivity index (χ2v) is 6.38. The van der Waals surface area contributed by atoms with Crippen LogP contribution in [-0.4, -0.2) is 19.1 Å². The van der Waals surface area contributed by atoms with Crippen molar-refractivity contribution in [3.63, 3.8) is 0 Å². The molecule has 0 fully saturated rings. The maximum Gasteiger partial charge on any atom is 0.355 e. The maximum atomic E-state index is 11.8. The van der Waals surface area contributed by atoms with Crippen LogP contribution in [0, 0.1) is 10.1 Å². The first-order chi connectivity index (χ1) is 8.45. The Kier molecular flexibility index (Phi) is 8.62. The van der Waals surface area contributed by atoms with Crippen LogP contribution in [0.1, 0.15) is 58.8 Å². The van der Waals surface area contributed by atoms with Gasteiger partial charge < -0.3 is 0 Å². The first-order valence-electron chi connectivity index (χ1n) is 6.53. The van der Waals surface area contributed by atoms with E-state index < -0.39 is 19.8 Å². The van der Waals surface area contributed by atoms with E-state index in [2.05, 4.69) is 0 Å². The van der Waals surface area contributed by atoms with Gasteiger partial charge in [-0.3, -0.25) is 10.1 Å². The summed E-state index contributed by atoms with van der Waals surface area (Å²) in [6, 6.07) is 0. The third-order valence-electron chi connectivity index (χ3n) is 2.64. The fourth-order valence-electron chi connectivity index (χ4n) is 1.58. The van der Waals surface area contributed by atoms with Gasteiger partial charge in [0.1, 0.15) is 0 Å². The zero-order valence-corrected chi connectivity index (χ0v) is 12.0. The van der Waals surface area contributed by atoms with Gasteiger partial charge in [-0.25, -0.2) is 8.42 Å². The SMILES string of the molecule is CCCCC/C=C(\[N+](=O)[O-])S(=O)(=O)CCCCC. The minimum absolute atomic E-state index is 0.124. The van der Waals surface area contributed by atoms with Crippen molar-refractivity contribution < 1.29 is 13.3 Å². The predicted octanol–water partition coefficient (Wildman–Crippen LogP) is 3.29. The van der Waals surface area contributed by atoms with Crippen LogP contribution < -0.4 is 0 Å². The van der Waals surface area contributed by atoms with E-state index in [0.717, 1.165) is 32.1 Å². The lowest BCUT2D eigenvalue weighted by molar-refractivity contribution is -0.412. The van der Waals surface area contributed by atoms with Crippen molar-refractivity contribution in [2.75, 3.05) is 5.75 Å². The molecule has 0 aliphatic rings. The fourth-order valence-corrected chi connectivity index (χ4v) is 2.97. The minimum Gasteiger partial charge on any atom is -0.258 e. The van der Waals surface area contributed by atoms with Gasteiger partial charge in [-0.2, -0.15) is 0 Å².